The first-order valence-corrected chi connectivity index (χ1v) is 12.9. The van der Waals surface area contributed by atoms with Crippen LogP contribution in [0.3, 0.4) is 0 Å². The van der Waals surface area contributed by atoms with E-state index in [1.165, 1.54) is 12.1 Å². The van der Waals surface area contributed by atoms with Crippen LogP contribution in [-0.4, -0.2) is 43.0 Å². The standard InChI is InChI=1S/C31H27FN4O3/c32-25-9-3-4-10-26(25)34-31(38)33-21-13-15-22(16-14-21)35-17-19-36(20-18-35)30(37)29-23-7-1-5-11-27(23)39-28-12-6-2-8-24(28)29/h1-16,29H,17-20H2,(H2,33,34,38). The van der Waals surface area contributed by atoms with Crippen LogP contribution in [0, 0.1) is 5.82 Å². The summed E-state index contributed by atoms with van der Waals surface area (Å²) in [4.78, 5) is 30.2. The van der Waals surface area contributed by atoms with Gasteiger partial charge in [-0.2, -0.15) is 0 Å². The second kappa shape index (κ2) is 10.5. The Labute approximate surface area is 225 Å². The van der Waals surface area contributed by atoms with E-state index in [-0.39, 0.29) is 11.6 Å². The first-order valence-electron chi connectivity index (χ1n) is 12.9. The number of ether oxygens (including phenoxy) is 1. The molecule has 6 rings (SSSR count). The Morgan fingerprint density at radius 2 is 1.31 bits per heavy atom. The van der Waals surface area contributed by atoms with Gasteiger partial charge in [-0.3, -0.25) is 4.79 Å². The molecule has 2 aliphatic rings. The van der Waals surface area contributed by atoms with Crippen molar-refractivity contribution in [3.8, 4) is 11.5 Å². The normalized spacial score (nSPS) is 14.6. The fraction of sp³-hybridized carbons (Fsp3) is 0.161. The number of piperazine rings is 1. The summed E-state index contributed by atoms with van der Waals surface area (Å²) in [5, 5.41) is 5.23. The molecule has 2 aliphatic heterocycles. The number of hydrogen-bond donors (Lipinski definition) is 2. The zero-order valence-electron chi connectivity index (χ0n) is 21.1. The van der Waals surface area contributed by atoms with Crippen LogP contribution < -0.4 is 20.3 Å². The number of nitrogens with zero attached hydrogens (tertiary/aromatic N) is 2. The largest absolute Gasteiger partial charge is 0.457 e. The lowest BCUT2D eigenvalue weighted by molar-refractivity contribution is -0.132. The van der Waals surface area contributed by atoms with Crippen LogP contribution in [0.1, 0.15) is 17.0 Å². The molecule has 0 saturated carbocycles. The number of benzene rings is 4. The van der Waals surface area contributed by atoms with Crippen LogP contribution in [0.2, 0.25) is 0 Å². The number of nitrogens with one attached hydrogen (secondary N) is 2. The average molecular weight is 523 g/mol. The Bertz CT molecular complexity index is 1470. The molecule has 39 heavy (non-hydrogen) atoms. The summed E-state index contributed by atoms with van der Waals surface area (Å²) in [6.07, 6.45) is 0. The van der Waals surface area contributed by atoms with Crippen LogP contribution in [0.15, 0.2) is 97.1 Å². The Morgan fingerprint density at radius 3 is 1.95 bits per heavy atom. The molecule has 0 aliphatic carbocycles. The van der Waals surface area contributed by atoms with Gasteiger partial charge in [-0.15, -0.1) is 0 Å². The van der Waals surface area contributed by atoms with E-state index in [2.05, 4.69) is 15.5 Å². The van der Waals surface area contributed by atoms with Crippen molar-refractivity contribution in [2.45, 2.75) is 5.92 Å². The van der Waals surface area contributed by atoms with Gasteiger partial charge in [0.05, 0.1) is 11.6 Å². The number of para-hydroxylation sites is 3. The molecule has 4 aromatic rings. The van der Waals surface area contributed by atoms with E-state index in [4.69, 9.17) is 4.74 Å². The number of fused-ring (bicyclic) bond motifs is 2. The van der Waals surface area contributed by atoms with Crippen molar-refractivity contribution in [1.82, 2.24) is 4.90 Å². The quantitative estimate of drug-likeness (QED) is 0.342. The molecule has 2 N–H and O–H groups in total. The maximum atomic E-state index is 13.8. The van der Waals surface area contributed by atoms with Crippen molar-refractivity contribution < 1.29 is 18.7 Å². The van der Waals surface area contributed by atoms with Crippen LogP contribution in [0.4, 0.5) is 26.2 Å². The van der Waals surface area contributed by atoms with Gasteiger partial charge in [0.25, 0.3) is 0 Å². The fourth-order valence-corrected chi connectivity index (χ4v) is 5.15. The van der Waals surface area contributed by atoms with Gasteiger partial charge in [0.1, 0.15) is 17.3 Å². The average Bonchev–Trinajstić information content (AvgIpc) is 2.97. The zero-order chi connectivity index (χ0) is 26.8. The third-order valence-electron chi connectivity index (χ3n) is 7.13. The van der Waals surface area contributed by atoms with E-state index in [0.29, 0.717) is 31.9 Å². The van der Waals surface area contributed by atoms with E-state index in [9.17, 15) is 14.0 Å². The summed E-state index contributed by atoms with van der Waals surface area (Å²) < 4.78 is 19.8. The van der Waals surface area contributed by atoms with E-state index in [1.54, 1.807) is 12.1 Å². The predicted octanol–water partition coefficient (Wildman–Crippen LogP) is 6.06. The smallest absolute Gasteiger partial charge is 0.323 e. The number of hydrogen-bond acceptors (Lipinski definition) is 4. The molecule has 8 heteroatoms. The summed E-state index contributed by atoms with van der Waals surface area (Å²) in [5.41, 5.74) is 3.51. The lowest BCUT2D eigenvalue weighted by Gasteiger charge is -2.38. The summed E-state index contributed by atoms with van der Waals surface area (Å²) >= 11 is 0. The van der Waals surface area contributed by atoms with Gasteiger partial charge >= 0.3 is 6.03 Å². The minimum absolute atomic E-state index is 0.0817. The number of carbonyl (C=O) groups excluding carboxylic acids is 2. The zero-order valence-corrected chi connectivity index (χ0v) is 21.1. The summed E-state index contributed by atoms with van der Waals surface area (Å²) in [6, 6.07) is 28.5. The van der Waals surface area contributed by atoms with Gasteiger partial charge in [-0.25, -0.2) is 9.18 Å². The van der Waals surface area contributed by atoms with E-state index in [1.807, 2.05) is 77.7 Å². The summed E-state index contributed by atoms with van der Waals surface area (Å²) in [6.45, 7) is 2.59. The van der Waals surface area contributed by atoms with Gasteiger partial charge in [-0.05, 0) is 48.5 Å². The highest BCUT2D eigenvalue weighted by molar-refractivity contribution is 5.99. The molecule has 0 atom stereocenters. The van der Waals surface area contributed by atoms with Crippen molar-refractivity contribution in [3.05, 3.63) is 114 Å². The van der Waals surface area contributed by atoms with Crippen LogP contribution in [0.25, 0.3) is 0 Å². The highest BCUT2D eigenvalue weighted by atomic mass is 19.1. The second-order valence-electron chi connectivity index (χ2n) is 9.53. The van der Waals surface area contributed by atoms with Crippen LogP contribution in [-0.2, 0) is 4.79 Å². The van der Waals surface area contributed by atoms with Crippen molar-refractivity contribution in [2.24, 2.45) is 0 Å². The van der Waals surface area contributed by atoms with Gasteiger partial charge in [0, 0.05) is 48.7 Å². The number of halogens is 1. The number of rotatable bonds is 4. The molecule has 1 saturated heterocycles. The van der Waals surface area contributed by atoms with E-state index >= 15 is 0 Å². The Morgan fingerprint density at radius 1 is 0.718 bits per heavy atom. The maximum Gasteiger partial charge on any atom is 0.323 e. The highest BCUT2D eigenvalue weighted by Gasteiger charge is 2.36. The number of urea groups is 1. The molecule has 0 radical (unpaired) electrons. The second-order valence-corrected chi connectivity index (χ2v) is 9.53. The third kappa shape index (κ3) is 5.01. The molecule has 7 nitrogen and oxygen atoms in total. The number of anilines is 3. The predicted molar refractivity (Wildman–Crippen MR) is 149 cm³/mol. The monoisotopic (exact) mass is 522 g/mol. The van der Waals surface area contributed by atoms with Crippen molar-refractivity contribution in [1.29, 1.82) is 0 Å². The number of carbonyl (C=O) groups is 2. The molecule has 4 aromatic carbocycles. The minimum Gasteiger partial charge on any atom is -0.457 e. The lowest BCUT2D eigenvalue weighted by Crippen LogP contribution is -2.50. The fourth-order valence-electron chi connectivity index (χ4n) is 5.15. The van der Waals surface area contributed by atoms with Gasteiger partial charge in [0.15, 0.2) is 0 Å². The Kier molecular flexibility index (Phi) is 6.59. The van der Waals surface area contributed by atoms with Crippen molar-refractivity contribution in [2.75, 3.05) is 41.7 Å². The molecule has 1 fully saturated rings. The lowest BCUT2D eigenvalue weighted by atomic mass is 9.86. The maximum absolute atomic E-state index is 13.8. The topological polar surface area (TPSA) is 73.9 Å². The molecule has 0 aromatic heterocycles. The molecular formula is C31H27FN4O3. The Hall–Kier alpha value is -4.85. The first kappa shape index (κ1) is 24.5. The molecular weight excluding hydrogens is 495 g/mol. The summed E-state index contributed by atoms with van der Waals surface area (Å²) in [7, 11) is 0. The van der Waals surface area contributed by atoms with Gasteiger partial charge < -0.3 is 25.2 Å². The van der Waals surface area contributed by atoms with E-state index in [0.717, 1.165) is 28.3 Å². The van der Waals surface area contributed by atoms with Crippen LogP contribution >= 0.6 is 0 Å². The molecule has 2 heterocycles. The molecule has 196 valence electrons. The molecule has 0 spiro atoms. The number of amides is 3. The van der Waals surface area contributed by atoms with Gasteiger partial charge in [-0.1, -0.05) is 48.5 Å². The third-order valence-corrected chi connectivity index (χ3v) is 7.13. The summed E-state index contributed by atoms with van der Waals surface area (Å²) in [5.74, 6) is 0.650. The minimum atomic E-state index is -0.517. The molecule has 0 bridgehead atoms. The van der Waals surface area contributed by atoms with E-state index < -0.39 is 17.8 Å². The first-order chi connectivity index (χ1) is 19.1. The SMILES string of the molecule is O=C(Nc1ccc(N2CCN(C(=O)C3c4ccccc4Oc4ccccc43)CC2)cc1)Nc1ccccc1F. The Balaban J connectivity index is 1.09. The van der Waals surface area contributed by atoms with Gasteiger partial charge in [0.2, 0.25) is 5.91 Å². The van der Waals surface area contributed by atoms with Crippen molar-refractivity contribution in [3.63, 3.8) is 0 Å². The van der Waals surface area contributed by atoms with Crippen molar-refractivity contribution >= 4 is 29.0 Å². The van der Waals surface area contributed by atoms with Crippen LogP contribution in [0.5, 0.6) is 11.5 Å². The molecule has 3 amide bonds. The molecule has 0 unspecified atom stereocenters. The highest BCUT2D eigenvalue weighted by Crippen LogP contribution is 2.44.